The van der Waals surface area contributed by atoms with Crippen LogP contribution in [0.1, 0.15) is 0 Å². The van der Waals surface area contributed by atoms with Gasteiger partial charge in [0.05, 0.1) is 0 Å². The molecule has 2 aromatic carbocycles. The Bertz CT molecular complexity index is 1270. The van der Waals surface area contributed by atoms with E-state index in [0.29, 0.717) is 40.0 Å². The molecule has 0 amide bonds. The molecule has 5 rings (SSSR count). The van der Waals surface area contributed by atoms with Crippen molar-refractivity contribution < 1.29 is 22.4 Å². The molecule has 1 N–H and O–H groups in total. The Labute approximate surface area is 169 Å². The zero-order chi connectivity index (χ0) is 19.8. The number of thiophene rings is 1. The molecule has 0 unspecified atom stereocenters. The first kappa shape index (κ1) is 17.7. The fourth-order valence-electron chi connectivity index (χ4n) is 2.80. The van der Waals surface area contributed by atoms with Crippen LogP contribution in [0.25, 0.3) is 22.8 Å². The summed E-state index contributed by atoms with van der Waals surface area (Å²) in [5.41, 5.74) is 1.86. The molecule has 0 saturated heterocycles. The highest BCUT2D eigenvalue weighted by Gasteiger charge is 2.18. The Hall–Kier alpha value is -3.37. The van der Waals surface area contributed by atoms with Gasteiger partial charge in [0.1, 0.15) is 4.21 Å². The van der Waals surface area contributed by atoms with E-state index in [-0.39, 0.29) is 11.0 Å². The zero-order valence-corrected chi connectivity index (χ0v) is 16.4. The number of benzene rings is 2. The molecule has 0 fully saturated rings. The van der Waals surface area contributed by atoms with Crippen LogP contribution in [-0.4, -0.2) is 25.4 Å². The molecule has 0 radical (unpaired) electrons. The molecule has 4 aromatic rings. The van der Waals surface area contributed by atoms with Crippen LogP contribution in [0.15, 0.2) is 68.7 Å². The summed E-state index contributed by atoms with van der Waals surface area (Å²) in [4.78, 5) is 4.41. The molecule has 2 aromatic heterocycles. The first-order valence-electron chi connectivity index (χ1n) is 8.49. The van der Waals surface area contributed by atoms with E-state index >= 15 is 0 Å². The van der Waals surface area contributed by atoms with Crippen molar-refractivity contribution in [2.45, 2.75) is 4.21 Å². The van der Waals surface area contributed by atoms with Crippen molar-refractivity contribution in [3.63, 3.8) is 0 Å². The van der Waals surface area contributed by atoms with Gasteiger partial charge in [-0.1, -0.05) is 11.2 Å². The Morgan fingerprint density at radius 2 is 1.76 bits per heavy atom. The molecule has 8 nitrogen and oxygen atoms in total. The maximum atomic E-state index is 12.3. The highest BCUT2D eigenvalue weighted by Crippen LogP contribution is 2.36. The number of aromatic nitrogens is 2. The average molecular weight is 427 g/mol. The topological polar surface area (TPSA) is 104 Å². The maximum Gasteiger partial charge on any atom is 0.271 e. The minimum atomic E-state index is -3.59. The van der Waals surface area contributed by atoms with Crippen LogP contribution in [0.2, 0.25) is 0 Å². The van der Waals surface area contributed by atoms with Gasteiger partial charge in [0, 0.05) is 16.8 Å². The van der Waals surface area contributed by atoms with Crippen LogP contribution in [0.4, 0.5) is 5.69 Å². The highest BCUT2D eigenvalue weighted by molar-refractivity contribution is 7.94. The van der Waals surface area contributed by atoms with Crippen LogP contribution in [-0.2, 0) is 10.0 Å². The molecule has 3 heterocycles. The summed E-state index contributed by atoms with van der Waals surface area (Å²) in [6.07, 6.45) is 0. The second-order valence-corrected chi connectivity index (χ2v) is 8.96. The number of anilines is 1. The SMILES string of the molecule is O=S(=O)(Nc1ccc(-c2noc(-c3ccc4c(c3)OCO4)n2)cc1)c1cccs1. The minimum absolute atomic E-state index is 0.191. The van der Waals surface area contributed by atoms with Gasteiger partial charge in [-0.3, -0.25) is 4.72 Å². The standard InChI is InChI=1S/C19H13N3O5S2/c23-29(24,17-2-1-9-28-17)22-14-6-3-12(4-7-14)18-20-19(27-21-18)13-5-8-15-16(10-13)26-11-25-15/h1-10,22H,11H2. The lowest BCUT2D eigenvalue weighted by atomic mass is 10.2. The molecule has 1 aliphatic heterocycles. The molecular formula is C19H13N3O5S2. The third kappa shape index (κ3) is 3.43. The lowest BCUT2D eigenvalue weighted by molar-refractivity contribution is 0.174. The van der Waals surface area contributed by atoms with E-state index in [1.807, 2.05) is 6.07 Å². The van der Waals surface area contributed by atoms with E-state index in [0.717, 1.165) is 11.3 Å². The summed E-state index contributed by atoms with van der Waals surface area (Å²) < 4.78 is 43.4. The van der Waals surface area contributed by atoms with Gasteiger partial charge in [-0.05, 0) is 53.9 Å². The van der Waals surface area contributed by atoms with Crippen LogP contribution < -0.4 is 14.2 Å². The largest absolute Gasteiger partial charge is 0.454 e. The second-order valence-electron chi connectivity index (χ2n) is 6.11. The smallest absolute Gasteiger partial charge is 0.271 e. The van der Waals surface area contributed by atoms with Gasteiger partial charge in [0.15, 0.2) is 11.5 Å². The summed E-state index contributed by atoms with van der Waals surface area (Å²) in [5.74, 6) is 2.05. The third-order valence-electron chi connectivity index (χ3n) is 4.20. The number of nitrogens with zero attached hydrogens (tertiary/aromatic N) is 2. The number of nitrogens with one attached hydrogen (secondary N) is 1. The van der Waals surface area contributed by atoms with Crippen molar-refractivity contribution >= 4 is 27.0 Å². The van der Waals surface area contributed by atoms with Crippen LogP contribution in [0, 0.1) is 0 Å². The number of fused-ring (bicyclic) bond motifs is 1. The van der Waals surface area contributed by atoms with E-state index in [2.05, 4.69) is 14.9 Å². The third-order valence-corrected chi connectivity index (χ3v) is 6.98. The first-order chi connectivity index (χ1) is 14.1. The van der Waals surface area contributed by atoms with Gasteiger partial charge < -0.3 is 14.0 Å². The molecule has 0 atom stereocenters. The van der Waals surface area contributed by atoms with Crippen molar-refractivity contribution in [2.24, 2.45) is 0 Å². The fourth-order valence-corrected chi connectivity index (χ4v) is 4.85. The first-order valence-corrected chi connectivity index (χ1v) is 10.9. The van der Waals surface area contributed by atoms with Crippen molar-refractivity contribution in [1.82, 2.24) is 10.1 Å². The number of sulfonamides is 1. The normalized spacial score (nSPS) is 12.8. The molecule has 0 saturated carbocycles. The second kappa shape index (κ2) is 6.90. The predicted molar refractivity (Wildman–Crippen MR) is 106 cm³/mol. The monoisotopic (exact) mass is 427 g/mol. The number of rotatable bonds is 5. The van der Waals surface area contributed by atoms with Crippen LogP contribution in [0.3, 0.4) is 0 Å². The molecule has 10 heteroatoms. The van der Waals surface area contributed by atoms with Gasteiger partial charge in [0.2, 0.25) is 12.6 Å². The van der Waals surface area contributed by atoms with Crippen molar-refractivity contribution in [1.29, 1.82) is 0 Å². The van der Waals surface area contributed by atoms with Gasteiger partial charge >= 0.3 is 0 Å². The van der Waals surface area contributed by atoms with Crippen LogP contribution >= 0.6 is 11.3 Å². The summed E-state index contributed by atoms with van der Waals surface area (Å²) in [7, 11) is -3.59. The van der Waals surface area contributed by atoms with E-state index in [1.54, 1.807) is 53.9 Å². The van der Waals surface area contributed by atoms with Gasteiger partial charge in [-0.25, -0.2) is 8.42 Å². The molecular weight excluding hydrogens is 414 g/mol. The predicted octanol–water partition coefficient (Wildman–Crippen LogP) is 3.99. The Morgan fingerprint density at radius 1 is 0.966 bits per heavy atom. The zero-order valence-electron chi connectivity index (χ0n) is 14.7. The van der Waals surface area contributed by atoms with E-state index < -0.39 is 10.0 Å². The molecule has 0 spiro atoms. The number of hydrogen-bond acceptors (Lipinski definition) is 8. The molecule has 0 aliphatic carbocycles. The van der Waals surface area contributed by atoms with E-state index in [4.69, 9.17) is 14.0 Å². The lowest BCUT2D eigenvalue weighted by Crippen LogP contribution is -2.11. The van der Waals surface area contributed by atoms with Crippen LogP contribution in [0.5, 0.6) is 11.5 Å². The maximum absolute atomic E-state index is 12.3. The Morgan fingerprint density at radius 3 is 2.55 bits per heavy atom. The van der Waals surface area contributed by atoms with E-state index in [9.17, 15) is 8.42 Å². The summed E-state index contributed by atoms with van der Waals surface area (Å²) >= 11 is 1.16. The Balaban J connectivity index is 1.36. The quantitative estimate of drug-likeness (QED) is 0.513. The molecule has 1 aliphatic rings. The van der Waals surface area contributed by atoms with Gasteiger partial charge in [-0.2, -0.15) is 4.98 Å². The van der Waals surface area contributed by atoms with Gasteiger partial charge in [-0.15, -0.1) is 11.3 Å². The number of hydrogen-bond donors (Lipinski definition) is 1. The lowest BCUT2D eigenvalue weighted by Gasteiger charge is -2.06. The molecule has 0 bridgehead atoms. The molecule has 146 valence electrons. The Kier molecular flexibility index (Phi) is 4.22. The molecule has 29 heavy (non-hydrogen) atoms. The fraction of sp³-hybridized carbons (Fsp3) is 0.0526. The highest BCUT2D eigenvalue weighted by atomic mass is 32.2. The minimum Gasteiger partial charge on any atom is -0.454 e. The van der Waals surface area contributed by atoms with Crippen molar-refractivity contribution in [3.05, 3.63) is 60.0 Å². The van der Waals surface area contributed by atoms with Gasteiger partial charge in [0.25, 0.3) is 15.9 Å². The summed E-state index contributed by atoms with van der Waals surface area (Å²) in [6.45, 7) is 0.191. The van der Waals surface area contributed by atoms with Crippen molar-refractivity contribution in [3.8, 4) is 34.3 Å². The number of ether oxygens (including phenoxy) is 2. The van der Waals surface area contributed by atoms with E-state index in [1.165, 1.54) is 0 Å². The average Bonchev–Trinajstić information content (AvgIpc) is 3.49. The summed E-state index contributed by atoms with van der Waals surface area (Å²) in [5, 5.41) is 5.72. The van der Waals surface area contributed by atoms with Crippen molar-refractivity contribution in [2.75, 3.05) is 11.5 Å². The summed E-state index contributed by atoms with van der Waals surface area (Å²) in [6, 6.07) is 15.4.